The molecule has 0 spiro atoms. The number of esters is 1. The van der Waals surface area contributed by atoms with E-state index in [4.69, 9.17) is 4.74 Å². The number of halogens is 1. The molecule has 0 atom stereocenters. The number of methoxy groups -OCH3 is 1. The van der Waals surface area contributed by atoms with Gasteiger partial charge in [0.1, 0.15) is 0 Å². The number of ether oxygens (including phenoxy) is 1. The maximum atomic E-state index is 11.6. The minimum absolute atomic E-state index is 0. The molecule has 1 aliphatic carbocycles. The summed E-state index contributed by atoms with van der Waals surface area (Å²) in [6, 6.07) is 0. The van der Waals surface area contributed by atoms with Crippen molar-refractivity contribution in [2.45, 2.75) is 57.5 Å². The molecule has 0 bridgehead atoms. The van der Waals surface area contributed by atoms with E-state index >= 15 is 0 Å². The highest BCUT2D eigenvalue weighted by atomic mass is 127. The molecule has 0 aromatic heterocycles. The summed E-state index contributed by atoms with van der Waals surface area (Å²) in [7, 11) is 1.45. The predicted molar refractivity (Wildman–Crippen MR) is 106 cm³/mol. The average molecular weight is 453 g/mol. The SMILES string of the molecule is CCNC(=NCC1(O)CCCCC1)N1CCC(C(=O)OC)CC1.I. The molecule has 0 aromatic rings. The van der Waals surface area contributed by atoms with Gasteiger partial charge in [-0.05, 0) is 32.6 Å². The normalized spacial score (nSPS) is 21.8. The molecule has 24 heavy (non-hydrogen) atoms. The van der Waals surface area contributed by atoms with Crippen LogP contribution in [0.25, 0.3) is 0 Å². The van der Waals surface area contributed by atoms with Gasteiger partial charge in [-0.3, -0.25) is 9.79 Å². The van der Waals surface area contributed by atoms with Crippen molar-refractivity contribution in [1.29, 1.82) is 0 Å². The lowest BCUT2D eigenvalue weighted by Gasteiger charge is -2.35. The van der Waals surface area contributed by atoms with Crippen LogP contribution in [0.1, 0.15) is 51.9 Å². The van der Waals surface area contributed by atoms with Gasteiger partial charge in [-0.25, -0.2) is 0 Å². The lowest BCUT2D eigenvalue weighted by molar-refractivity contribution is -0.146. The smallest absolute Gasteiger partial charge is 0.308 e. The van der Waals surface area contributed by atoms with Crippen molar-refractivity contribution in [2.24, 2.45) is 10.9 Å². The fraction of sp³-hybridized carbons (Fsp3) is 0.882. The molecule has 2 N–H and O–H groups in total. The first-order valence-corrected chi connectivity index (χ1v) is 8.91. The summed E-state index contributed by atoms with van der Waals surface area (Å²) in [4.78, 5) is 18.5. The molecule has 7 heteroatoms. The van der Waals surface area contributed by atoms with E-state index in [-0.39, 0.29) is 35.9 Å². The van der Waals surface area contributed by atoms with Gasteiger partial charge in [0.05, 0.1) is 25.2 Å². The van der Waals surface area contributed by atoms with Crippen molar-refractivity contribution < 1.29 is 14.6 Å². The molecular weight excluding hydrogens is 421 g/mol. The van der Waals surface area contributed by atoms with Crippen LogP contribution >= 0.6 is 24.0 Å². The van der Waals surface area contributed by atoms with Crippen LogP contribution in [-0.4, -0.2) is 60.8 Å². The third-order valence-corrected chi connectivity index (χ3v) is 4.97. The minimum atomic E-state index is -0.636. The van der Waals surface area contributed by atoms with Crippen LogP contribution in [0.15, 0.2) is 4.99 Å². The lowest BCUT2D eigenvalue weighted by Crippen LogP contribution is -2.47. The number of hydrogen-bond donors (Lipinski definition) is 2. The Morgan fingerprint density at radius 3 is 2.46 bits per heavy atom. The number of nitrogens with one attached hydrogen (secondary N) is 1. The van der Waals surface area contributed by atoms with Crippen LogP contribution in [0.2, 0.25) is 0 Å². The van der Waals surface area contributed by atoms with Crippen LogP contribution in [0.5, 0.6) is 0 Å². The Morgan fingerprint density at radius 2 is 1.92 bits per heavy atom. The van der Waals surface area contributed by atoms with Crippen molar-refractivity contribution >= 4 is 35.9 Å². The molecule has 0 radical (unpaired) electrons. The van der Waals surface area contributed by atoms with Gasteiger partial charge in [0.2, 0.25) is 0 Å². The molecule has 1 aliphatic heterocycles. The third-order valence-electron chi connectivity index (χ3n) is 4.97. The first-order valence-electron chi connectivity index (χ1n) is 8.91. The average Bonchev–Trinajstić information content (AvgIpc) is 2.59. The Balaban J connectivity index is 0.00000288. The predicted octanol–water partition coefficient (Wildman–Crippen LogP) is 2.15. The number of carbonyl (C=O) groups is 1. The number of rotatable bonds is 4. The number of aliphatic hydroxyl groups is 1. The summed E-state index contributed by atoms with van der Waals surface area (Å²) in [5.74, 6) is 0.750. The molecule has 6 nitrogen and oxygen atoms in total. The quantitative estimate of drug-likeness (QED) is 0.296. The summed E-state index contributed by atoms with van der Waals surface area (Å²) in [6.07, 6.45) is 6.68. The highest BCUT2D eigenvalue weighted by molar-refractivity contribution is 14.0. The highest BCUT2D eigenvalue weighted by Gasteiger charge is 2.30. The van der Waals surface area contributed by atoms with Gasteiger partial charge in [-0.15, -0.1) is 24.0 Å². The van der Waals surface area contributed by atoms with Crippen molar-refractivity contribution in [2.75, 3.05) is 33.3 Å². The van der Waals surface area contributed by atoms with Crippen molar-refractivity contribution in [3.05, 3.63) is 0 Å². The van der Waals surface area contributed by atoms with Crippen LogP contribution < -0.4 is 5.32 Å². The molecule has 140 valence electrons. The minimum Gasteiger partial charge on any atom is -0.469 e. The summed E-state index contributed by atoms with van der Waals surface area (Å²) in [5.41, 5.74) is -0.636. The van der Waals surface area contributed by atoms with Crippen LogP contribution in [0, 0.1) is 5.92 Å². The van der Waals surface area contributed by atoms with Gasteiger partial charge in [0, 0.05) is 19.6 Å². The Kier molecular flexibility index (Phi) is 9.33. The van der Waals surface area contributed by atoms with Gasteiger partial charge in [-0.2, -0.15) is 0 Å². The number of hydrogen-bond acceptors (Lipinski definition) is 4. The number of guanidine groups is 1. The maximum Gasteiger partial charge on any atom is 0.308 e. The maximum absolute atomic E-state index is 11.6. The standard InChI is InChI=1S/C17H31N3O3.HI/c1-3-18-16(19-13-17(22)9-5-4-6-10-17)20-11-7-14(8-12-20)15(21)23-2;/h14,22H,3-13H2,1-2H3,(H,18,19);1H. The molecule has 0 aromatic carbocycles. The first kappa shape index (κ1) is 21.5. The lowest BCUT2D eigenvalue weighted by atomic mass is 9.85. The van der Waals surface area contributed by atoms with E-state index in [1.807, 2.05) is 6.92 Å². The number of aliphatic imine (C=N–C) groups is 1. The number of nitrogens with zero attached hydrogens (tertiary/aromatic N) is 2. The van der Waals surface area contributed by atoms with E-state index < -0.39 is 5.60 Å². The van der Waals surface area contributed by atoms with Gasteiger partial charge < -0.3 is 20.1 Å². The van der Waals surface area contributed by atoms with Crippen LogP contribution in [-0.2, 0) is 9.53 Å². The zero-order valence-corrected chi connectivity index (χ0v) is 17.3. The summed E-state index contributed by atoms with van der Waals surface area (Å²) < 4.78 is 4.84. The second kappa shape index (κ2) is 10.4. The molecule has 1 saturated carbocycles. The largest absolute Gasteiger partial charge is 0.469 e. The van der Waals surface area contributed by atoms with Gasteiger partial charge in [0.25, 0.3) is 0 Å². The van der Waals surface area contributed by atoms with E-state index in [2.05, 4.69) is 15.2 Å². The van der Waals surface area contributed by atoms with Crippen LogP contribution in [0.4, 0.5) is 0 Å². The Labute approximate surface area is 162 Å². The monoisotopic (exact) mass is 453 g/mol. The summed E-state index contributed by atoms with van der Waals surface area (Å²) in [6.45, 7) is 4.90. The topological polar surface area (TPSA) is 74.2 Å². The van der Waals surface area contributed by atoms with Crippen molar-refractivity contribution in [3.8, 4) is 0 Å². The molecular formula is C17H32IN3O3. The molecule has 1 heterocycles. The Morgan fingerprint density at radius 1 is 1.29 bits per heavy atom. The summed E-state index contributed by atoms with van der Waals surface area (Å²) in [5, 5.41) is 13.9. The van der Waals surface area contributed by atoms with Gasteiger partial charge in [0.15, 0.2) is 5.96 Å². The number of carbonyl (C=O) groups excluding carboxylic acids is 1. The van der Waals surface area contributed by atoms with E-state index in [0.29, 0.717) is 6.54 Å². The van der Waals surface area contributed by atoms with Gasteiger partial charge in [-0.1, -0.05) is 19.3 Å². The van der Waals surface area contributed by atoms with E-state index in [1.54, 1.807) is 0 Å². The Bertz CT molecular complexity index is 417. The van der Waals surface area contributed by atoms with Crippen molar-refractivity contribution in [1.82, 2.24) is 10.2 Å². The Hall–Kier alpha value is -0.570. The molecule has 1 saturated heterocycles. The zero-order chi connectivity index (χ0) is 16.7. The van der Waals surface area contributed by atoms with E-state index in [9.17, 15) is 9.90 Å². The zero-order valence-electron chi connectivity index (χ0n) is 14.9. The highest BCUT2D eigenvalue weighted by Crippen LogP contribution is 2.28. The van der Waals surface area contributed by atoms with E-state index in [0.717, 1.165) is 64.1 Å². The molecule has 0 amide bonds. The van der Waals surface area contributed by atoms with E-state index in [1.165, 1.54) is 13.5 Å². The first-order chi connectivity index (χ1) is 11.1. The second-order valence-corrected chi connectivity index (χ2v) is 6.74. The second-order valence-electron chi connectivity index (χ2n) is 6.74. The number of likely N-dealkylation sites (tertiary alicyclic amines) is 1. The molecule has 0 unspecified atom stereocenters. The molecule has 2 fully saturated rings. The fourth-order valence-electron chi connectivity index (χ4n) is 3.51. The molecule has 2 rings (SSSR count). The van der Waals surface area contributed by atoms with Crippen molar-refractivity contribution in [3.63, 3.8) is 0 Å². The fourth-order valence-corrected chi connectivity index (χ4v) is 3.51. The van der Waals surface area contributed by atoms with Gasteiger partial charge >= 0.3 is 5.97 Å². The number of piperidine rings is 1. The molecule has 2 aliphatic rings. The summed E-state index contributed by atoms with van der Waals surface area (Å²) >= 11 is 0. The van der Waals surface area contributed by atoms with Crippen LogP contribution in [0.3, 0.4) is 0 Å². The third kappa shape index (κ3) is 6.06.